The van der Waals surface area contributed by atoms with Gasteiger partial charge in [-0.2, -0.15) is 0 Å². The van der Waals surface area contributed by atoms with Gasteiger partial charge in [0.2, 0.25) is 0 Å². The smallest absolute Gasteiger partial charge is 0.140 e. The van der Waals surface area contributed by atoms with E-state index < -0.39 is 0 Å². The van der Waals surface area contributed by atoms with Gasteiger partial charge in [-0.3, -0.25) is 0 Å². The van der Waals surface area contributed by atoms with Crippen molar-refractivity contribution < 1.29 is 4.42 Å². The number of imidazole rings is 1. The number of benzene rings is 1. The first-order chi connectivity index (χ1) is 10.3. The van der Waals surface area contributed by atoms with Crippen molar-refractivity contribution in [2.75, 3.05) is 0 Å². The molecule has 0 aliphatic carbocycles. The highest BCUT2D eigenvalue weighted by molar-refractivity contribution is 5.55. The number of hydrogen-bond acceptors (Lipinski definition) is 3. The molecule has 3 rings (SSSR count). The molecule has 2 atom stereocenters. The zero-order valence-electron chi connectivity index (χ0n) is 12.0. The lowest BCUT2D eigenvalue weighted by Gasteiger charge is -2.24. The van der Waals surface area contributed by atoms with E-state index in [0.717, 1.165) is 23.6 Å². The number of nitrogens with zero attached hydrogens (tertiary/aromatic N) is 2. The van der Waals surface area contributed by atoms with Crippen LogP contribution in [0.15, 0.2) is 65.5 Å². The fraction of sp³-hybridized carbons (Fsp3) is 0.235. The third-order valence-electron chi connectivity index (χ3n) is 3.71. The highest BCUT2D eigenvalue weighted by atomic mass is 16.3. The number of aromatic nitrogens is 2. The molecule has 2 heterocycles. The molecule has 4 heteroatoms. The van der Waals surface area contributed by atoms with Crippen LogP contribution in [0.3, 0.4) is 0 Å². The Labute approximate surface area is 124 Å². The van der Waals surface area contributed by atoms with Crippen LogP contribution in [0.1, 0.15) is 25.1 Å². The average Bonchev–Trinajstić information content (AvgIpc) is 3.20. The van der Waals surface area contributed by atoms with Gasteiger partial charge in [0.1, 0.15) is 17.6 Å². The van der Waals surface area contributed by atoms with Crippen LogP contribution in [-0.2, 0) is 0 Å². The first kappa shape index (κ1) is 13.6. The molecule has 0 aliphatic heterocycles. The van der Waals surface area contributed by atoms with E-state index in [1.54, 1.807) is 12.5 Å². The lowest BCUT2D eigenvalue weighted by molar-refractivity contribution is 0.375. The van der Waals surface area contributed by atoms with Crippen molar-refractivity contribution in [1.29, 1.82) is 0 Å². The molecule has 0 saturated carbocycles. The predicted octanol–water partition coefficient (Wildman–Crippen LogP) is 3.47. The van der Waals surface area contributed by atoms with Crippen molar-refractivity contribution in [2.45, 2.75) is 25.4 Å². The summed E-state index contributed by atoms with van der Waals surface area (Å²) in [6.45, 7) is 2.08. The Morgan fingerprint density at radius 1 is 1.19 bits per heavy atom. The summed E-state index contributed by atoms with van der Waals surface area (Å²) < 4.78 is 7.70. The molecule has 4 nitrogen and oxygen atoms in total. The molecule has 3 aromatic rings. The van der Waals surface area contributed by atoms with Crippen LogP contribution < -0.4 is 5.73 Å². The van der Waals surface area contributed by atoms with E-state index in [1.807, 2.05) is 36.5 Å². The molecule has 0 spiro atoms. The SMILES string of the molecule is CCC(N)C(c1ccco1)n1ccnc1-c1ccccc1. The van der Waals surface area contributed by atoms with Gasteiger partial charge in [-0.15, -0.1) is 0 Å². The molecule has 2 N–H and O–H groups in total. The second-order valence-electron chi connectivity index (χ2n) is 5.06. The molecule has 0 radical (unpaired) electrons. The quantitative estimate of drug-likeness (QED) is 0.779. The molecule has 2 unspecified atom stereocenters. The van der Waals surface area contributed by atoms with Gasteiger partial charge in [0, 0.05) is 24.0 Å². The Bertz CT molecular complexity index is 673. The van der Waals surface area contributed by atoms with Crippen LogP contribution in [-0.4, -0.2) is 15.6 Å². The van der Waals surface area contributed by atoms with Crippen molar-refractivity contribution in [3.63, 3.8) is 0 Å². The maximum atomic E-state index is 6.34. The highest BCUT2D eigenvalue weighted by Gasteiger charge is 2.25. The van der Waals surface area contributed by atoms with Gasteiger partial charge in [-0.25, -0.2) is 4.98 Å². The number of hydrogen-bond donors (Lipinski definition) is 1. The predicted molar refractivity (Wildman–Crippen MR) is 82.8 cm³/mol. The third kappa shape index (κ3) is 2.62. The van der Waals surface area contributed by atoms with E-state index in [4.69, 9.17) is 10.2 Å². The van der Waals surface area contributed by atoms with Crippen LogP contribution in [0, 0.1) is 0 Å². The van der Waals surface area contributed by atoms with Crippen molar-refractivity contribution >= 4 is 0 Å². The summed E-state index contributed by atoms with van der Waals surface area (Å²) in [4.78, 5) is 4.50. The Morgan fingerprint density at radius 3 is 2.67 bits per heavy atom. The van der Waals surface area contributed by atoms with Crippen molar-refractivity contribution in [1.82, 2.24) is 9.55 Å². The minimum atomic E-state index is -0.0530. The van der Waals surface area contributed by atoms with E-state index in [1.165, 1.54) is 0 Å². The topological polar surface area (TPSA) is 57.0 Å². The summed E-state index contributed by atoms with van der Waals surface area (Å²) in [5.41, 5.74) is 7.41. The minimum absolute atomic E-state index is 0.0344. The fourth-order valence-electron chi connectivity index (χ4n) is 2.59. The Kier molecular flexibility index (Phi) is 3.88. The van der Waals surface area contributed by atoms with Gasteiger partial charge >= 0.3 is 0 Å². The Morgan fingerprint density at radius 2 is 2.00 bits per heavy atom. The summed E-state index contributed by atoms with van der Waals surface area (Å²) in [5, 5.41) is 0. The standard InChI is InChI=1S/C17H19N3O/c1-2-14(18)16(15-9-6-12-21-15)20-11-10-19-17(20)13-7-4-3-5-8-13/h3-12,14,16H,2,18H2,1H3. The summed E-state index contributed by atoms with van der Waals surface area (Å²) in [6, 6.07) is 13.9. The van der Waals surface area contributed by atoms with Gasteiger partial charge in [-0.05, 0) is 18.6 Å². The monoisotopic (exact) mass is 281 g/mol. The highest BCUT2D eigenvalue weighted by Crippen LogP contribution is 2.28. The van der Waals surface area contributed by atoms with Crippen LogP contribution in [0.5, 0.6) is 0 Å². The molecular weight excluding hydrogens is 262 g/mol. The van der Waals surface area contributed by atoms with Gasteiger partial charge in [0.25, 0.3) is 0 Å². The first-order valence-electron chi connectivity index (χ1n) is 7.18. The lowest BCUT2D eigenvalue weighted by atomic mass is 10.0. The third-order valence-corrected chi connectivity index (χ3v) is 3.71. The second-order valence-corrected chi connectivity index (χ2v) is 5.06. The summed E-state index contributed by atoms with van der Waals surface area (Å²) in [5.74, 6) is 1.76. The number of furan rings is 1. The molecule has 108 valence electrons. The normalized spacial score (nSPS) is 14.0. The molecule has 0 bridgehead atoms. The van der Waals surface area contributed by atoms with Crippen LogP contribution >= 0.6 is 0 Å². The second kappa shape index (κ2) is 5.97. The molecule has 0 aliphatic rings. The van der Waals surface area contributed by atoms with Crippen LogP contribution in [0.2, 0.25) is 0 Å². The lowest BCUT2D eigenvalue weighted by Crippen LogP contribution is -2.32. The molecule has 0 saturated heterocycles. The largest absolute Gasteiger partial charge is 0.467 e. The summed E-state index contributed by atoms with van der Waals surface area (Å²) in [6.07, 6.45) is 6.31. The van der Waals surface area contributed by atoms with Gasteiger partial charge in [-0.1, -0.05) is 37.3 Å². The van der Waals surface area contributed by atoms with E-state index in [0.29, 0.717) is 0 Å². The van der Waals surface area contributed by atoms with E-state index in [9.17, 15) is 0 Å². The summed E-state index contributed by atoms with van der Waals surface area (Å²) in [7, 11) is 0. The van der Waals surface area contributed by atoms with Crippen LogP contribution in [0.25, 0.3) is 11.4 Å². The first-order valence-corrected chi connectivity index (χ1v) is 7.18. The average molecular weight is 281 g/mol. The number of rotatable bonds is 5. The van der Waals surface area contributed by atoms with Gasteiger partial charge < -0.3 is 14.7 Å². The minimum Gasteiger partial charge on any atom is -0.467 e. The van der Waals surface area contributed by atoms with Crippen LogP contribution in [0.4, 0.5) is 0 Å². The molecule has 21 heavy (non-hydrogen) atoms. The zero-order valence-corrected chi connectivity index (χ0v) is 12.0. The Balaban J connectivity index is 2.07. The van der Waals surface area contributed by atoms with E-state index in [-0.39, 0.29) is 12.1 Å². The zero-order chi connectivity index (χ0) is 14.7. The van der Waals surface area contributed by atoms with E-state index in [2.05, 4.69) is 28.6 Å². The van der Waals surface area contributed by atoms with Gasteiger partial charge in [0.15, 0.2) is 0 Å². The van der Waals surface area contributed by atoms with Crippen molar-refractivity contribution in [3.8, 4) is 11.4 Å². The van der Waals surface area contributed by atoms with Crippen molar-refractivity contribution in [3.05, 3.63) is 66.9 Å². The molecular formula is C17H19N3O. The fourth-order valence-corrected chi connectivity index (χ4v) is 2.59. The maximum Gasteiger partial charge on any atom is 0.140 e. The van der Waals surface area contributed by atoms with E-state index >= 15 is 0 Å². The molecule has 0 fully saturated rings. The van der Waals surface area contributed by atoms with Crippen molar-refractivity contribution in [2.24, 2.45) is 5.73 Å². The molecule has 0 amide bonds. The molecule has 2 aromatic heterocycles. The Hall–Kier alpha value is -2.33. The number of nitrogens with two attached hydrogens (primary N) is 1. The molecule has 1 aromatic carbocycles. The maximum absolute atomic E-state index is 6.34. The van der Waals surface area contributed by atoms with Gasteiger partial charge in [0.05, 0.1) is 6.26 Å². The summed E-state index contributed by atoms with van der Waals surface area (Å²) >= 11 is 0.